The van der Waals surface area contributed by atoms with E-state index < -0.39 is 0 Å². The molecule has 0 bridgehead atoms. The zero-order valence-corrected chi connectivity index (χ0v) is 10.9. The standard InChI is InChI=1S/C13H16N2O2S/c16-12-6-9(8-15(12)10-3-4-10)7-14-13(17)11-2-1-5-18-11/h1-2,5,9-10H,3-4,6-8H2,(H,14,17). The maximum atomic E-state index is 11.8. The molecule has 1 unspecified atom stereocenters. The lowest BCUT2D eigenvalue weighted by Gasteiger charge is -2.15. The van der Waals surface area contributed by atoms with Crippen molar-refractivity contribution in [2.24, 2.45) is 5.92 Å². The van der Waals surface area contributed by atoms with Gasteiger partial charge in [0.2, 0.25) is 5.91 Å². The maximum absolute atomic E-state index is 11.8. The van der Waals surface area contributed by atoms with Gasteiger partial charge in [0.05, 0.1) is 4.88 Å². The van der Waals surface area contributed by atoms with Crippen molar-refractivity contribution in [3.8, 4) is 0 Å². The van der Waals surface area contributed by atoms with Crippen molar-refractivity contribution >= 4 is 23.2 Å². The fraction of sp³-hybridized carbons (Fsp3) is 0.538. The number of amides is 2. The molecule has 1 aliphatic heterocycles. The zero-order chi connectivity index (χ0) is 12.5. The van der Waals surface area contributed by atoms with Gasteiger partial charge in [-0.05, 0) is 24.3 Å². The molecule has 2 amide bonds. The number of nitrogens with zero attached hydrogens (tertiary/aromatic N) is 1. The van der Waals surface area contributed by atoms with Crippen LogP contribution in [0, 0.1) is 5.92 Å². The molecule has 2 heterocycles. The van der Waals surface area contributed by atoms with Crippen molar-refractivity contribution < 1.29 is 9.59 Å². The van der Waals surface area contributed by atoms with E-state index in [9.17, 15) is 9.59 Å². The molecule has 0 radical (unpaired) electrons. The Labute approximate surface area is 110 Å². The van der Waals surface area contributed by atoms with Crippen LogP contribution >= 0.6 is 11.3 Å². The van der Waals surface area contributed by atoms with Crippen LogP contribution in [-0.4, -0.2) is 35.8 Å². The molecule has 1 aliphatic carbocycles. The summed E-state index contributed by atoms with van der Waals surface area (Å²) in [6, 6.07) is 4.18. The Hall–Kier alpha value is -1.36. The lowest BCUT2D eigenvalue weighted by atomic mass is 10.1. The number of hydrogen-bond donors (Lipinski definition) is 1. The molecule has 1 saturated carbocycles. The molecule has 3 rings (SSSR count). The number of rotatable bonds is 4. The first-order valence-corrected chi connectivity index (χ1v) is 7.23. The molecule has 1 aromatic heterocycles. The Bertz CT molecular complexity index is 454. The molecule has 0 spiro atoms. The second kappa shape index (κ2) is 4.72. The first-order chi connectivity index (χ1) is 8.74. The molecule has 1 N–H and O–H groups in total. The normalized spacial score (nSPS) is 23.4. The van der Waals surface area contributed by atoms with E-state index in [1.165, 1.54) is 11.3 Å². The minimum absolute atomic E-state index is 0.0256. The van der Waals surface area contributed by atoms with Gasteiger partial charge in [-0.3, -0.25) is 9.59 Å². The minimum Gasteiger partial charge on any atom is -0.351 e. The largest absolute Gasteiger partial charge is 0.351 e. The maximum Gasteiger partial charge on any atom is 0.261 e. The second-order valence-electron chi connectivity index (χ2n) is 5.03. The van der Waals surface area contributed by atoms with E-state index in [1.807, 2.05) is 22.4 Å². The minimum atomic E-state index is -0.0256. The van der Waals surface area contributed by atoms with Gasteiger partial charge < -0.3 is 10.2 Å². The number of thiophene rings is 1. The first kappa shape index (κ1) is 11.7. The summed E-state index contributed by atoms with van der Waals surface area (Å²) in [5, 5.41) is 4.81. The van der Waals surface area contributed by atoms with Crippen molar-refractivity contribution in [1.82, 2.24) is 10.2 Å². The van der Waals surface area contributed by atoms with Crippen molar-refractivity contribution in [2.75, 3.05) is 13.1 Å². The molecule has 18 heavy (non-hydrogen) atoms. The number of carbonyl (C=O) groups is 2. The predicted octanol–water partition coefficient (Wildman–Crippen LogP) is 1.49. The molecule has 2 fully saturated rings. The molecular weight excluding hydrogens is 248 g/mol. The first-order valence-electron chi connectivity index (χ1n) is 6.35. The van der Waals surface area contributed by atoms with E-state index in [1.54, 1.807) is 0 Å². The van der Waals surface area contributed by atoms with Gasteiger partial charge in [-0.1, -0.05) is 6.07 Å². The van der Waals surface area contributed by atoms with Crippen LogP contribution < -0.4 is 5.32 Å². The van der Waals surface area contributed by atoms with Crippen LogP contribution in [0.3, 0.4) is 0 Å². The molecule has 0 aromatic carbocycles. The number of nitrogens with one attached hydrogen (secondary N) is 1. The fourth-order valence-electron chi connectivity index (χ4n) is 2.42. The molecule has 2 aliphatic rings. The van der Waals surface area contributed by atoms with Crippen LogP contribution in [0.2, 0.25) is 0 Å². The Morgan fingerprint density at radius 1 is 1.50 bits per heavy atom. The third-order valence-corrected chi connectivity index (χ3v) is 4.39. The van der Waals surface area contributed by atoms with Gasteiger partial charge in [0.15, 0.2) is 0 Å². The average Bonchev–Trinajstić information content (AvgIpc) is 2.91. The molecule has 4 nitrogen and oxygen atoms in total. The highest BCUT2D eigenvalue weighted by atomic mass is 32.1. The van der Waals surface area contributed by atoms with Crippen molar-refractivity contribution in [2.45, 2.75) is 25.3 Å². The van der Waals surface area contributed by atoms with Crippen LogP contribution in [0.25, 0.3) is 0 Å². The molecule has 1 aromatic rings. The van der Waals surface area contributed by atoms with Crippen LogP contribution in [0.5, 0.6) is 0 Å². The van der Waals surface area contributed by atoms with Crippen molar-refractivity contribution in [1.29, 1.82) is 0 Å². The predicted molar refractivity (Wildman–Crippen MR) is 69.5 cm³/mol. The summed E-state index contributed by atoms with van der Waals surface area (Å²) in [6.07, 6.45) is 2.89. The molecule has 1 atom stereocenters. The van der Waals surface area contributed by atoms with E-state index >= 15 is 0 Å². The highest BCUT2D eigenvalue weighted by Gasteiger charge is 2.39. The van der Waals surface area contributed by atoms with Crippen LogP contribution in [0.4, 0.5) is 0 Å². The Balaban J connectivity index is 1.49. The number of likely N-dealkylation sites (tertiary alicyclic amines) is 1. The van der Waals surface area contributed by atoms with E-state index in [2.05, 4.69) is 5.32 Å². The lowest BCUT2D eigenvalue weighted by Crippen LogP contribution is -2.31. The summed E-state index contributed by atoms with van der Waals surface area (Å²) < 4.78 is 0. The smallest absolute Gasteiger partial charge is 0.261 e. The fourth-order valence-corrected chi connectivity index (χ4v) is 3.06. The lowest BCUT2D eigenvalue weighted by molar-refractivity contribution is -0.128. The SMILES string of the molecule is O=C(NCC1CC(=O)N(C2CC2)C1)c1cccs1. The highest BCUT2D eigenvalue weighted by Crippen LogP contribution is 2.32. The summed E-state index contributed by atoms with van der Waals surface area (Å²) >= 11 is 1.44. The zero-order valence-electron chi connectivity index (χ0n) is 10.1. The van der Waals surface area contributed by atoms with Crippen LogP contribution in [-0.2, 0) is 4.79 Å². The monoisotopic (exact) mass is 264 g/mol. The number of hydrogen-bond acceptors (Lipinski definition) is 3. The van der Waals surface area contributed by atoms with Gasteiger partial charge >= 0.3 is 0 Å². The second-order valence-corrected chi connectivity index (χ2v) is 5.98. The summed E-state index contributed by atoms with van der Waals surface area (Å²) in [6.45, 7) is 1.42. The van der Waals surface area contributed by atoms with Gasteiger partial charge in [-0.15, -0.1) is 11.3 Å². The highest BCUT2D eigenvalue weighted by molar-refractivity contribution is 7.12. The summed E-state index contributed by atoms with van der Waals surface area (Å²) in [7, 11) is 0. The van der Waals surface area contributed by atoms with Crippen molar-refractivity contribution in [3.05, 3.63) is 22.4 Å². The molecule has 5 heteroatoms. The van der Waals surface area contributed by atoms with Gasteiger partial charge in [0.25, 0.3) is 5.91 Å². The van der Waals surface area contributed by atoms with Gasteiger partial charge in [0.1, 0.15) is 0 Å². The van der Waals surface area contributed by atoms with E-state index in [0.29, 0.717) is 19.0 Å². The topological polar surface area (TPSA) is 49.4 Å². The third-order valence-electron chi connectivity index (χ3n) is 3.52. The van der Waals surface area contributed by atoms with Crippen LogP contribution in [0.1, 0.15) is 28.9 Å². The average molecular weight is 264 g/mol. The third kappa shape index (κ3) is 2.41. The quantitative estimate of drug-likeness (QED) is 0.895. The van der Waals surface area contributed by atoms with Crippen LogP contribution in [0.15, 0.2) is 17.5 Å². The van der Waals surface area contributed by atoms with Crippen molar-refractivity contribution in [3.63, 3.8) is 0 Å². The Kier molecular flexibility index (Phi) is 3.07. The van der Waals surface area contributed by atoms with E-state index in [0.717, 1.165) is 24.3 Å². The van der Waals surface area contributed by atoms with Gasteiger partial charge in [-0.2, -0.15) is 0 Å². The van der Waals surface area contributed by atoms with Gasteiger partial charge in [0, 0.05) is 31.5 Å². The van der Waals surface area contributed by atoms with E-state index in [-0.39, 0.29) is 17.7 Å². The molecule has 1 saturated heterocycles. The van der Waals surface area contributed by atoms with E-state index in [4.69, 9.17) is 0 Å². The summed E-state index contributed by atoms with van der Waals surface area (Å²) in [5.41, 5.74) is 0. The summed E-state index contributed by atoms with van der Waals surface area (Å²) in [4.78, 5) is 26.2. The van der Waals surface area contributed by atoms with Gasteiger partial charge in [-0.25, -0.2) is 0 Å². The molecule has 96 valence electrons. The summed E-state index contributed by atoms with van der Waals surface area (Å²) in [5.74, 6) is 0.511. The molecular formula is C13H16N2O2S. The Morgan fingerprint density at radius 3 is 3.00 bits per heavy atom. The Morgan fingerprint density at radius 2 is 2.33 bits per heavy atom. The number of carbonyl (C=O) groups excluding carboxylic acids is 2.